The number of hydrogen-bond donors (Lipinski definition) is 4. The van der Waals surface area contributed by atoms with Crippen LogP contribution in [0.3, 0.4) is 0 Å². The van der Waals surface area contributed by atoms with E-state index in [4.69, 9.17) is 4.74 Å². The van der Waals surface area contributed by atoms with E-state index in [1.165, 1.54) is 0 Å². The summed E-state index contributed by atoms with van der Waals surface area (Å²) < 4.78 is 6.47. The van der Waals surface area contributed by atoms with Crippen LogP contribution < -0.4 is 20.7 Å². The Morgan fingerprint density at radius 1 is 0.976 bits per heavy atom. The number of para-hydroxylation sites is 2. The van der Waals surface area contributed by atoms with Gasteiger partial charge in [0.25, 0.3) is 0 Å². The van der Waals surface area contributed by atoms with E-state index in [1.807, 2.05) is 55.5 Å². The van der Waals surface area contributed by atoms with Crippen molar-refractivity contribution >= 4 is 35.0 Å². The molecule has 3 aromatic carbocycles. The molecule has 0 bridgehead atoms. The van der Waals surface area contributed by atoms with Crippen molar-refractivity contribution in [3.63, 3.8) is 0 Å². The van der Waals surface area contributed by atoms with Gasteiger partial charge in [0.15, 0.2) is 0 Å². The smallest absolute Gasteiger partial charge is 0.323 e. The molecule has 4 rings (SSSR count). The summed E-state index contributed by atoms with van der Waals surface area (Å²) >= 11 is 0. The van der Waals surface area contributed by atoms with Crippen LogP contribution in [-0.2, 0) is 11.2 Å². The van der Waals surface area contributed by atoms with Crippen LogP contribution >= 0.6 is 0 Å². The zero-order chi connectivity index (χ0) is 29.4. The molecule has 0 aliphatic carbocycles. The lowest BCUT2D eigenvalue weighted by Crippen LogP contribution is -2.48. The molecular weight excluding hydrogens is 522 g/mol. The van der Waals surface area contributed by atoms with E-state index in [2.05, 4.69) is 16.0 Å². The SMILES string of the molecule is C[C@H](CO)N1C[C@H](C)[C@H](CN(C)C(=O)Nc2ccccc2)Oc2ccc(NC(=O)Nc3ccccc3)cc2CC1=O. The number of carbonyl (C=O) groups excluding carboxylic acids is 3. The summed E-state index contributed by atoms with van der Waals surface area (Å²) in [4.78, 5) is 42.1. The summed E-state index contributed by atoms with van der Waals surface area (Å²) in [6.45, 7) is 4.18. The second kappa shape index (κ2) is 13.7. The summed E-state index contributed by atoms with van der Waals surface area (Å²) in [7, 11) is 1.69. The molecule has 10 nitrogen and oxygen atoms in total. The van der Waals surface area contributed by atoms with E-state index in [0.717, 1.165) is 0 Å². The zero-order valence-corrected chi connectivity index (χ0v) is 23.5. The molecule has 0 saturated carbocycles. The molecule has 1 heterocycles. The van der Waals surface area contributed by atoms with Crippen LogP contribution in [0.25, 0.3) is 0 Å². The highest BCUT2D eigenvalue weighted by Crippen LogP contribution is 2.29. The Labute approximate surface area is 240 Å². The van der Waals surface area contributed by atoms with Crippen LogP contribution in [0.1, 0.15) is 19.4 Å². The molecule has 41 heavy (non-hydrogen) atoms. The first-order valence-electron chi connectivity index (χ1n) is 13.6. The predicted molar refractivity (Wildman–Crippen MR) is 159 cm³/mol. The molecule has 0 unspecified atom stereocenters. The van der Waals surface area contributed by atoms with Crippen molar-refractivity contribution in [2.75, 3.05) is 42.7 Å². The van der Waals surface area contributed by atoms with Crippen molar-refractivity contribution < 1.29 is 24.2 Å². The van der Waals surface area contributed by atoms with Gasteiger partial charge in [0.1, 0.15) is 11.9 Å². The first kappa shape index (κ1) is 29.4. The summed E-state index contributed by atoms with van der Waals surface area (Å²) in [5.74, 6) is 0.171. The molecule has 3 atom stereocenters. The van der Waals surface area contributed by atoms with Gasteiger partial charge in [0.05, 0.1) is 25.6 Å². The van der Waals surface area contributed by atoms with E-state index >= 15 is 0 Å². The summed E-state index contributed by atoms with van der Waals surface area (Å²) in [5, 5.41) is 18.3. The molecule has 1 aliphatic rings. The molecule has 10 heteroatoms. The number of urea groups is 2. The Morgan fingerprint density at radius 3 is 2.22 bits per heavy atom. The molecule has 5 amide bonds. The molecule has 0 fully saturated rings. The molecule has 0 spiro atoms. The number of hydrogen-bond acceptors (Lipinski definition) is 5. The Morgan fingerprint density at radius 2 is 1.59 bits per heavy atom. The average molecular weight is 560 g/mol. The average Bonchev–Trinajstić information content (AvgIpc) is 3.01. The van der Waals surface area contributed by atoms with E-state index < -0.39 is 18.2 Å². The van der Waals surface area contributed by atoms with Crippen molar-refractivity contribution in [3.05, 3.63) is 84.4 Å². The van der Waals surface area contributed by atoms with Crippen molar-refractivity contribution in [2.45, 2.75) is 32.4 Å². The van der Waals surface area contributed by atoms with Gasteiger partial charge in [0.2, 0.25) is 5.91 Å². The lowest BCUT2D eigenvalue weighted by molar-refractivity contribution is -0.134. The first-order valence-corrected chi connectivity index (χ1v) is 13.6. The van der Waals surface area contributed by atoms with Crippen molar-refractivity contribution in [3.8, 4) is 5.75 Å². The fourth-order valence-corrected chi connectivity index (χ4v) is 4.63. The predicted octanol–water partition coefficient (Wildman–Crippen LogP) is 4.64. The molecule has 3 aromatic rings. The van der Waals surface area contributed by atoms with Crippen LogP contribution in [0.2, 0.25) is 0 Å². The van der Waals surface area contributed by atoms with Gasteiger partial charge < -0.3 is 35.6 Å². The van der Waals surface area contributed by atoms with Crippen LogP contribution in [0.4, 0.5) is 26.7 Å². The number of ether oxygens (including phenoxy) is 1. The lowest BCUT2D eigenvalue weighted by Gasteiger charge is -2.34. The van der Waals surface area contributed by atoms with Gasteiger partial charge in [0, 0.05) is 42.1 Å². The monoisotopic (exact) mass is 559 g/mol. The van der Waals surface area contributed by atoms with Crippen LogP contribution in [0.15, 0.2) is 78.9 Å². The molecule has 1 aliphatic heterocycles. The van der Waals surface area contributed by atoms with Gasteiger partial charge in [-0.2, -0.15) is 0 Å². The highest BCUT2D eigenvalue weighted by atomic mass is 16.5. The topological polar surface area (TPSA) is 123 Å². The third-order valence-corrected chi connectivity index (χ3v) is 7.03. The fourth-order valence-electron chi connectivity index (χ4n) is 4.63. The quantitative estimate of drug-likeness (QED) is 0.336. The number of nitrogens with one attached hydrogen (secondary N) is 3. The second-order valence-electron chi connectivity index (χ2n) is 10.3. The van der Waals surface area contributed by atoms with Gasteiger partial charge in [-0.25, -0.2) is 9.59 Å². The molecule has 0 saturated heterocycles. The zero-order valence-electron chi connectivity index (χ0n) is 23.5. The first-order chi connectivity index (χ1) is 19.7. The summed E-state index contributed by atoms with van der Waals surface area (Å²) in [6, 6.07) is 22.3. The molecule has 0 radical (unpaired) electrons. The number of benzene rings is 3. The third kappa shape index (κ3) is 7.98. The standard InChI is InChI=1S/C31H37N5O5/c1-21-18-36(22(2)20-37)29(38)17-23-16-26(33-30(39)32-24-10-6-4-7-11-24)14-15-27(23)41-28(21)19-35(3)31(40)34-25-12-8-5-9-13-25/h4-16,21-22,28,37H,17-20H2,1-3H3,(H,34,40)(H2,32,33,39)/t21-,22+,28-/m0/s1. The van der Waals surface area contributed by atoms with E-state index in [9.17, 15) is 19.5 Å². The fraction of sp³-hybridized carbons (Fsp3) is 0.323. The summed E-state index contributed by atoms with van der Waals surface area (Å²) in [6.07, 6.45) is -0.432. The van der Waals surface area contributed by atoms with Gasteiger partial charge in [-0.15, -0.1) is 0 Å². The number of anilines is 3. The van der Waals surface area contributed by atoms with Gasteiger partial charge in [-0.05, 0) is 49.4 Å². The molecular formula is C31H37N5O5. The highest BCUT2D eigenvalue weighted by Gasteiger charge is 2.32. The third-order valence-electron chi connectivity index (χ3n) is 7.03. The Balaban J connectivity index is 1.56. The maximum Gasteiger partial charge on any atom is 0.323 e. The van der Waals surface area contributed by atoms with Crippen LogP contribution in [0, 0.1) is 5.92 Å². The van der Waals surface area contributed by atoms with Crippen molar-refractivity contribution in [2.24, 2.45) is 5.92 Å². The normalized spacial score (nSPS) is 17.6. The van der Waals surface area contributed by atoms with Crippen molar-refractivity contribution in [1.29, 1.82) is 0 Å². The largest absolute Gasteiger partial charge is 0.488 e. The summed E-state index contributed by atoms with van der Waals surface area (Å²) in [5.41, 5.74) is 2.43. The number of amides is 5. The molecule has 4 N–H and O–H groups in total. The second-order valence-corrected chi connectivity index (χ2v) is 10.3. The minimum atomic E-state index is -0.459. The number of carbonyl (C=O) groups is 3. The lowest BCUT2D eigenvalue weighted by atomic mass is 10.0. The Hall–Kier alpha value is -4.57. The highest BCUT2D eigenvalue weighted by molar-refractivity contribution is 6.00. The van der Waals surface area contributed by atoms with Crippen LogP contribution in [-0.4, -0.2) is 71.8 Å². The van der Waals surface area contributed by atoms with E-state index in [1.54, 1.807) is 54.1 Å². The number of nitrogens with zero attached hydrogens (tertiary/aromatic N) is 2. The maximum absolute atomic E-state index is 13.4. The van der Waals surface area contributed by atoms with Gasteiger partial charge in [-0.3, -0.25) is 4.79 Å². The maximum atomic E-state index is 13.4. The number of likely N-dealkylation sites (N-methyl/N-ethyl adjacent to an activating group) is 1. The van der Waals surface area contributed by atoms with Crippen LogP contribution in [0.5, 0.6) is 5.75 Å². The number of aliphatic hydroxyl groups is 1. The van der Waals surface area contributed by atoms with Crippen molar-refractivity contribution in [1.82, 2.24) is 9.80 Å². The Bertz CT molecular complexity index is 1340. The minimum absolute atomic E-state index is 0.0271. The minimum Gasteiger partial charge on any atom is -0.488 e. The molecule has 216 valence electrons. The molecule has 0 aromatic heterocycles. The number of rotatable bonds is 7. The number of aliphatic hydroxyl groups excluding tert-OH is 1. The van der Waals surface area contributed by atoms with Gasteiger partial charge in [-0.1, -0.05) is 43.3 Å². The van der Waals surface area contributed by atoms with E-state index in [0.29, 0.717) is 34.9 Å². The Kier molecular flexibility index (Phi) is 9.81. The van der Waals surface area contributed by atoms with E-state index in [-0.39, 0.29) is 37.4 Å². The van der Waals surface area contributed by atoms with Gasteiger partial charge >= 0.3 is 12.1 Å². The number of fused-ring (bicyclic) bond motifs is 1.